The number of hydrogen-bond donors (Lipinski definition) is 0. The molecule has 0 aliphatic carbocycles. The molecule has 2 rings (SSSR count). The van der Waals surface area contributed by atoms with Crippen LogP contribution in [0.5, 0.6) is 11.5 Å². The summed E-state index contributed by atoms with van der Waals surface area (Å²) in [6.45, 7) is 16.5. The summed E-state index contributed by atoms with van der Waals surface area (Å²) in [4.78, 5) is 22.5. The summed E-state index contributed by atoms with van der Waals surface area (Å²) in [7, 11) is 0. The number of carbonyl (C=O) groups is 2. The molecule has 0 saturated heterocycles. The first-order valence-corrected chi connectivity index (χ1v) is 13.5. The fraction of sp³-hybridized carbons (Fsp3) is 0.484. The molecule has 41 heavy (non-hydrogen) atoms. The second-order valence-corrected chi connectivity index (χ2v) is 9.07. The van der Waals surface area contributed by atoms with Gasteiger partial charge in [-0.25, -0.2) is 9.59 Å². The van der Waals surface area contributed by atoms with Gasteiger partial charge >= 0.3 is 11.9 Å². The predicted octanol–water partition coefficient (Wildman–Crippen LogP) is 4.21. The molecule has 0 N–H and O–H groups in total. The molecule has 10 heteroatoms. The number of benzene rings is 2. The minimum atomic E-state index is -0.420. The number of hydrogen-bond acceptors (Lipinski definition) is 10. The lowest BCUT2D eigenvalue weighted by Gasteiger charge is -2.14. The van der Waals surface area contributed by atoms with Crippen molar-refractivity contribution in [1.82, 2.24) is 0 Å². The zero-order valence-corrected chi connectivity index (χ0v) is 24.4. The highest BCUT2D eigenvalue weighted by Crippen LogP contribution is 2.32. The molecule has 0 bridgehead atoms. The van der Waals surface area contributed by atoms with Gasteiger partial charge in [-0.15, -0.1) is 0 Å². The van der Waals surface area contributed by atoms with E-state index in [2.05, 4.69) is 13.2 Å². The number of esters is 2. The van der Waals surface area contributed by atoms with Gasteiger partial charge in [-0.3, -0.25) is 0 Å². The number of ether oxygens (including phenoxy) is 8. The third-order valence-corrected chi connectivity index (χ3v) is 5.47. The molecule has 10 nitrogen and oxygen atoms in total. The average Bonchev–Trinajstić information content (AvgIpc) is 2.95. The Morgan fingerprint density at radius 3 is 1.59 bits per heavy atom. The molecule has 0 radical (unpaired) electrons. The highest BCUT2D eigenvalue weighted by Gasteiger charge is 2.08. The van der Waals surface area contributed by atoms with Crippen LogP contribution in [0.1, 0.15) is 19.4 Å². The summed E-state index contributed by atoms with van der Waals surface area (Å²) >= 11 is 0. The minimum absolute atomic E-state index is 0.185. The van der Waals surface area contributed by atoms with Crippen molar-refractivity contribution in [2.75, 3.05) is 79.3 Å². The summed E-state index contributed by atoms with van der Waals surface area (Å²) in [5, 5.41) is 2.00. The summed E-state index contributed by atoms with van der Waals surface area (Å²) in [5.74, 6) is 0.712. The molecule has 0 unspecified atom stereocenters. The van der Waals surface area contributed by atoms with Crippen LogP contribution in [-0.2, 0) is 38.0 Å². The standard InChI is InChI=1S/C31H42O10/c1-23(2)30(32)40-20-16-36-12-10-34-14-18-38-27-8-9-28-26(22-27)7-6-25(5)29(28)39-19-15-35-11-13-37-17-21-41-31(33)24(3)4/h6-9,22H,1,3,10-21H2,2,4-5H3. The molecular formula is C31H42O10. The Kier molecular flexibility index (Phi) is 16.1. The molecular weight excluding hydrogens is 532 g/mol. The van der Waals surface area contributed by atoms with Crippen LogP contribution in [0.3, 0.4) is 0 Å². The van der Waals surface area contributed by atoms with Gasteiger partial charge in [0.1, 0.15) is 37.9 Å². The molecule has 0 fully saturated rings. The average molecular weight is 575 g/mol. The van der Waals surface area contributed by atoms with Crippen molar-refractivity contribution in [3.05, 3.63) is 60.2 Å². The van der Waals surface area contributed by atoms with E-state index in [1.807, 2.05) is 37.3 Å². The Hall–Kier alpha value is -3.44. The first kappa shape index (κ1) is 33.8. The first-order valence-electron chi connectivity index (χ1n) is 13.5. The highest BCUT2D eigenvalue weighted by molar-refractivity contribution is 5.90. The third-order valence-electron chi connectivity index (χ3n) is 5.47. The number of aryl methyl sites for hydroxylation is 1. The van der Waals surface area contributed by atoms with Crippen molar-refractivity contribution in [1.29, 1.82) is 0 Å². The second kappa shape index (κ2) is 19.6. The van der Waals surface area contributed by atoms with Crippen molar-refractivity contribution in [3.8, 4) is 11.5 Å². The van der Waals surface area contributed by atoms with Crippen LogP contribution < -0.4 is 9.47 Å². The van der Waals surface area contributed by atoms with Crippen LogP contribution in [0, 0.1) is 6.92 Å². The van der Waals surface area contributed by atoms with Crippen LogP contribution in [0.2, 0.25) is 0 Å². The van der Waals surface area contributed by atoms with E-state index in [9.17, 15) is 9.59 Å². The molecule has 0 amide bonds. The molecule has 0 spiro atoms. The molecule has 0 atom stereocenters. The normalized spacial score (nSPS) is 10.8. The van der Waals surface area contributed by atoms with Gasteiger partial charge in [0, 0.05) is 16.5 Å². The van der Waals surface area contributed by atoms with Gasteiger partial charge in [-0.2, -0.15) is 0 Å². The van der Waals surface area contributed by atoms with E-state index >= 15 is 0 Å². The summed E-state index contributed by atoms with van der Waals surface area (Å²) in [5.41, 5.74) is 1.76. The van der Waals surface area contributed by atoms with E-state index in [0.717, 1.165) is 27.8 Å². The second-order valence-electron chi connectivity index (χ2n) is 9.07. The highest BCUT2D eigenvalue weighted by atomic mass is 16.6. The van der Waals surface area contributed by atoms with E-state index in [-0.39, 0.29) is 13.2 Å². The lowest BCUT2D eigenvalue weighted by atomic mass is 10.1. The van der Waals surface area contributed by atoms with Crippen molar-refractivity contribution in [2.24, 2.45) is 0 Å². The summed E-state index contributed by atoms with van der Waals surface area (Å²) < 4.78 is 43.6. The van der Waals surface area contributed by atoms with Gasteiger partial charge in [0.25, 0.3) is 0 Å². The molecule has 2 aromatic rings. The third kappa shape index (κ3) is 13.7. The quantitative estimate of drug-likeness (QED) is 0.115. The van der Waals surface area contributed by atoms with Crippen LogP contribution >= 0.6 is 0 Å². The Morgan fingerprint density at radius 2 is 1.07 bits per heavy atom. The summed E-state index contributed by atoms with van der Waals surface area (Å²) in [6.07, 6.45) is 0. The zero-order valence-electron chi connectivity index (χ0n) is 24.4. The Morgan fingerprint density at radius 1 is 0.610 bits per heavy atom. The SMILES string of the molecule is C=C(C)C(=O)OCCOCCOCCOc1ccc2c(OCCOCCOCCOC(=O)C(=C)C)c(C)ccc2c1. The van der Waals surface area contributed by atoms with Crippen molar-refractivity contribution in [2.45, 2.75) is 20.8 Å². The topological polar surface area (TPSA) is 108 Å². The van der Waals surface area contributed by atoms with Crippen LogP contribution in [0.25, 0.3) is 10.8 Å². The van der Waals surface area contributed by atoms with E-state index in [0.29, 0.717) is 77.2 Å². The predicted molar refractivity (Wildman–Crippen MR) is 154 cm³/mol. The van der Waals surface area contributed by atoms with Gasteiger partial charge < -0.3 is 37.9 Å². The number of carbonyl (C=O) groups excluding carboxylic acids is 2. The van der Waals surface area contributed by atoms with Crippen molar-refractivity contribution in [3.63, 3.8) is 0 Å². The van der Waals surface area contributed by atoms with Gasteiger partial charge in [-0.05, 0) is 49.9 Å². The van der Waals surface area contributed by atoms with Gasteiger partial charge in [0.15, 0.2) is 0 Å². The zero-order chi connectivity index (χ0) is 29.9. The molecule has 0 aliphatic rings. The number of rotatable bonds is 22. The van der Waals surface area contributed by atoms with Crippen LogP contribution in [0.4, 0.5) is 0 Å². The molecule has 0 aromatic heterocycles. The smallest absolute Gasteiger partial charge is 0.333 e. The minimum Gasteiger partial charge on any atom is -0.491 e. The van der Waals surface area contributed by atoms with Gasteiger partial charge in [-0.1, -0.05) is 25.3 Å². The van der Waals surface area contributed by atoms with Crippen LogP contribution in [0.15, 0.2) is 54.6 Å². The van der Waals surface area contributed by atoms with Crippen LogP contribution in [-0.4, -0.2) is 91.2 Å². The molecule has 0 heterocycles. The first-order chi connectivity index (χ1) is 19.8. The monoisotopic (exact) mass is 574 g/mol. The molecule has 226 valence electrons. The van der Waals surface area contributed by atoms with E-state index < -0.39 is 11.9 Å². The van der Waals surface area contributed by atoms with Crippen molar-refractivity contribution < 1.29 is 47.5 Å². The molecule has 0 aliphatic heterocycles. The lowest BCUT2D eigenvalue weighted by molar-refractivity contribution is -0.141. The van der Waals surface area contributed by atoms with E-state index in [4.69, 9.17) is 37.9 Å². The van der Waals surface area contributed by atoms with E-state index in [1.165, 1.54) is 0 Å². The fourth-order valence-electron chi connectivity index (χ4n) is 3.37. The maximum atomic E-state index is 11.3. The van der Waals surface area contributed by atoms with Gasteiger partial charge in [0.05, 0.1) is 52.9 Å². The summed E-state index contributed by atoms with van der Waals surface area (Å²) in [6, 6.07) is 9.91. The Balaban J connectivity index is 1.60. The number of fused-ring (bicyclic) bond motifs is 1. The molecule has 2 aromatic carbocycles. The van der Waals surface area contributed by atoms with Crippen molar-refractivity contribution >= 4 is 22.7 Å². The van der Waals surface area contributed by atoms with E-state index in [1.54, 1.807) is 13.8 Å². The molecule has 0 saturated carbocycles. The Labute approximate surface area is 242 Å². The van der Waals surface area contributed by atoms with Gasteiger partial charge in [0.2, 0.25) is 0 Å². The lowest BCUT2D eigenvalue weighted by Crippen LogP contribution is -2.14. The maximum Gasteiger partial charge on any atom is 0.333 e. The largest absolute Gasteiger partial charge is 0.491 e. The Bertz CT molecular complexity index is 1130. The fourth-order valence-corrected chi connectivity index (χ4v) is 3.37. The maximum absolute atomic E-state index is 11.3.